The van der Waals surface area contributed by atoms with Gasteiger partial charge in [0.25, 0.3) is 0 Å². The number of nitrogens with zero attached hydrogens (tertiary/aromatic N) is 2. The highest BCUT2D eigenvalue weighted by molar-refractivity contribution is 5.65. The summed E-state index contributed by atoms with van der Waals surface area (Å²) >= 11 is 0. The first kappa shape index (κ1) is 19.2. The van der Waals surface area contributed by atoms with Crippen molar-refractivity contribution < 1.29 is 14.6 Å². The van der Waals surface area contributed by atoms with Crippen LogP contribution in [0.4, 0.5) is 4.79 Å². The van der Waals surface area contributed by atoms with Gasteiger partial charge in [-0.25, -0.2) is 4.79 Å². The van der Waals surface area contributed by atoms with E-state index in [1.54, 1.807) is 0 Å². The molecule has 5 nitrogen and oxygen atoms in total. The lowest BCUT2D eigenvalue weighted by atomic mass is 10.0. The van der Waals surface area contributed by atoms with Gasteiger partial charge in [0.1, 0.15) is 5.75 Å². The summed E-state index contributed by atoms with van der Waals surface area (Å²) in [6.07, 6.45) is 0.0692. The molecule has 1 fully saturated rings. The van der Waals surface area contributed by atoms with Crippen LogP contribution < -0.4 is 4.74 Å². The van der Waals surface area contributed by atoms with Crippen LogP contribution in [0.25, 0.3) is 0 Å². The molecule has 2 aromatic carbocycles. The number of piperazine rings is 1. The predicted octanol–water partition coefficient (Wildman–Crippen LogP) is 3.72. The zero-order valence-electron chi connectivity index (χ0n) is 16.1. The van der Waals surface area contributed by atoms with Crippen molar-refractivity contribution in [3.63, 3.8) is 0 Å². The minimum Gasteiger partial charge on any atom is -0.493 e. The molecule has 0 radical (unpaired) electrons. The molecule has 0 atom stereocenters. The fourth-order valence-electron chi connectivity index (χ4n) is 3.41. The van der Waals surface area contributed by atoms with Gasteiger partial charge in [0.05, 0.1) is 6.61 Å². The summed E-state index contributed by atoms with van der Waals surface area (Å²) in [5, 5.41) is 9.03. The average molecular weight is 368 g/mol. The van der Waals surface area contributed by atoms with E-state index in [0.29, 0.717) is 19.7 Å². The van der Waals surface area contributed by atoms with Gasteiger partial charge in [-0.3, -0.25) is 4.90 Å². The monoisotopic (exact) mass is 368 g/mol. The highest BCUT2D eigenvalue weighted by Gasteiger charge is 2.20. The van der Waals surface area contributed by atoms with Crippen LogP contribution in [-0.4, -0.2) is 53.8 Å². The van der Waals surface area contributed by atoms with Gasteiger partial charge in [-0.15, -0.1) is 0 Å². The number of benzene rings is 2. The molecule has 3 rings (SSSR count). The highest BCUT2D eigenvalue weighted by atomic mass is 16.5. The van der Waals surface area contributed by atoms with Crippen LogP contribution in [0.15, 0.2) is 42.5 Å². The van der Waals surface area contributed by atoms with Gasteiger partial charge in [0.2, 0.25) is 0 Å². The van der Waals surface area contributed by atoms with E-state index in [4.69, 9.17) is 9.84 Å². The zero-order chi connectivity index (χ0) is 19.2. The standard InChI is InChI=1S/C22H28N2O3/c1-17-3-7-21(8-4-17)27-14-9-20-6-5-19(15-18(20)2)16-23-10-12-24(13-11-23)22(25)26/h3-8,15H,9-14,16H2,1-2H3,(H,25,26). The zero-order valence-corrected chi connectivity index (χ0v) is 16.1. The van der Waals surface area contributed by atoms with E-state index in [0.717, 1.165) is 31.8 Å². The van der Waals surface area contributed by atoms with Crippen LogP contribution in [0.2, 0.25) is 0 Å². The molecule has 0 bridgehead atoms. The Hall–Kier alpha value is -2.53. The van der Waals surface area contributed by atoms with Crippen LogP contribution in [-0.2, 0) is 13.0 Å². The molecule has 1 heterocycles. The van der Waals surface area contributed by atoms with Crippen LogP contribution >= 0.6 is 0 Å². The predicted molar refractivity (Wildman–Crippen MR) is 106 cm³/mol. The van der Waals surface area contributed by atoms with Gasteiger partial charge in [-0.05, 0) is 42.7 Å². The molecule has 1 saturated heterocycles. The number of aryl methyl sites for hydroxylation is 2. The molecule has 27 heavy (non-hydrogen) atoms. The SMILES string of the molecule is Cc1ccc(OCCc2ccc(CN3CCN(C(=O)O)CC3)cc2C)cc1. The van der Waals surface area contributed by atoms with E-state index in [2.05, 4.69) is 49.1 Å². The van der Waals surface area contributed by atoms with Crippen molar-refractivity contribution in [2.75, 3.05) is 32.8 Å². The molecule has 0 spiro atoms. The van der Waals surface area contributed by atoms with Crippen LogP contribution in [0.1, 0.15) is 22.3 Å². The number of ether oxygens (including phenoxy) is 1. The van der Waals surface area contributed by atoms with Crippen LogP contribution in [0.3, 0.4) is 0 Å². The first-order valence-corrected chi connectivity index (χ1v) is 9.49. The fourth-order valence-corrected chi connectivity index (χ4v) is 3.41. The quantitative estimate of drug-likeness (QED) is 0.844. The van der Waals surface area contributed by atoms with Crippen molar-refractivity contribution in [3.8, 4) is 5.75 Å². The Balaban J connectivity index is 1.48. The van der Waals surface area contributed by atoms with Gasteiger partial charge in [0, 0.05) is 39.1 Å². The Bertz CT molecular complexity index is 766. The van der Waals surface area contributed by atoms with Crippen molar-refractivity contribution in [2.45, 2.75) is 26.8 Å². The maximum absolute atomic E-state index is 11.0. The summed E-state index contributed by atoms with van der Waals surface area (Å²) in [4.78, 5) is 14.8. The lowest BCUT2D eigenvalue weighted by Gasteiger charge is -2.33. The van der Waals surface area contributed by atoms with Gasteiger partial charge in [-0.2, -0.15) is 0 Å². The normalized spacial score (nSPS) is 15.0. The molecule has 2 aromatic rings. The van der Waals surface area contributed by atoms with Gasteiger partial charge in [-0.1, -0.05) is 35.9 Å². The van der Waals surface area contributed by atoms with E-state index < -0.39 is 6.09 Å². The minimum atomic E-state index is -0.817. The van der Waals surface area contributed by atoms with Crippen molar-refractivity contribution in [1.29, 1.82) is 0 Å². The molecular formula is C22H28N2O3. The maximum Gasteiger partial charge on any atom is 0.407 e. The highest BCUT2D eigenvalue weighted by Crippen LogP contribution is 2.16. The van der Waals surface area contributed by atoms with Crippen molar-refractivity contribution in [3.05, 3.63) is 64.7 Å². The van der Waals surface area contributed by atoms with E-state index in [1.165, 1.54) is 27.2 Å². The molecule has 1 amide bonds. The van der Waals surface area contributed by atoms with E-state index in [9.17, 15) is 4.79 Å². The second kappa shape index (κ2) is 8.91. The number of hydrogen-bond donors (Lipinski definition) is 1. The minimum absolute atomic E-state index is 0.586. The Morgan fingerprint density at radius 2 is 1.74 bits per heavy atom. The third-order valence-electron chi connectivity index (χ3n) is 5.12. The fraction of sp³-hybridized carbons (Fsp3) is 0.409. The summed E-state index contributed by atoms with van der Waals surface area (Å²) < 4.78 is 5.84. The van der Waals surface area contributed by atoms with Gasteiger partial charge >= 0.3 is 6.09 Å². The van der Waals surface area contributed by atoms with E-state index in [-0.39, 0.29) is 0 Å². The molecular weight excluding hydrogens is 340 g/mol. The van der Waals surface area contributed by atoms with E-state index in [1.807, 2.05) is 12.1 Å². The summed E-state index contributed by atoms with van der Waals surface area (Å²) in [5.41, 5.74) is 5.10. The van der Waals surface area contributed by atoms with Gasteiger partial charge in [0.15, 0.2) is 0 Å². The van der Waals surface area contributed by atoms with Crippen molar-refractivity contribution in [1.82, 2.24) is 9.80 Å². The van der Waals surface area contributed by atoms with Crippen LogP contribution in [0.5, 0.6) is 5.75 Å². The average Bonchev–Trinajstić information content (AvgIpc) is 2.65. The Kier molecular flexibility index (Phi) is 6.35. The molecule has 0 saturated carbocycles. The first-order valence-electron chi connectivity index (χ1n) is 9.49. The Morgan fingerprint density at radius 3 is 2.37 bits per heavy atom. The van der Waals surface area contributed by atoms with Crippen molar-refractivity contribution in [2.24, 2.45) is 0 Å². The number of hydrogen-bond acceptors (Lipinski definition) is 3. The molecule has 5 heteroatoms. The molecule has 144 valence electrons. The third-order valence-corrected chi connectivity index (χ3v) is 5.12. The van der Waals surface area contributed by atoms with Gasteiger partial charge < -0.3 is 14.7 Å². The third kappa shape index (κ3) is 5.47. The number of carbonyl (C=O) groups is 1. The van der Waals surface area contributed by atoms with Crippen LogP contribution in [0, 0.1) is 13.8 Å². The lowest BCUT2D eigenvalue weighted by Crippen LogP contribution is -2.47. The number of rotatable bonds is 6. The topological polar surface area (TPSA) is 53.0 Å². The lowest BCUT2D eigenvalue weighted by molar-refractivity contribution is 0.103. The molecule has 1 aliphatic rings. The second-order valence-corrected chi connectivity index (χ2v) is 7.22. The molecule has 0 aliphatic carbocycles. The molecule has 0 unspecified atom stereocenters. The molecule has 0 aromatic heterocycles. The summed E-state index contributed by atoms with van der Waals surface area (Å²) in [7, 11) is 0. The largest absolute Gasteiger partial charge is 0.493 e. The summed E-state index contributed by atoms with van der Waals surface area (Å²) in [5.74, 6) is 0.912. The summed E-state index contributed by atoms with van der Waals surface area (Å²) in [6, 6.07) is 14.8. The molecule has 1 N–H and O–H groups in total. The number of amides is 1. The van der Waals surface area contributed by atoms with E-state index >= 15 is 0 Å². The maximum atomic E-state index is 11.0. The Labute approximate surface area is 161 Å². The summed E-state index contributed by atoms with van der Waals surface area (Å²) in [6.45, 7) is 8.50. The second-order valence-electron chi connectivity index (χ2n) is 7.22. The smallest absolute Gasteiger partial charge is 0.407 e. The van der Waals surface area contributed by atoms with Crippen molar-refractivity contribution >= 4 is 6.09 Å². The molecule has 1 aliphatic heterocycles. The first-order chi connectivity index (χ1) is 13.0. The Morgan fingerprint density at radius 1 is 1.04 bits per heavy atom. The number of carboxylic acid groups (broad SMARTS) is 1.